The smallest absolute Gasteiger partial charge is 0.176 e. The van der Waals surface area contributed by atoms with Crippen LogP contribution >= 0.6 is 27.3 Å². The molecule has 1 aliphatic heterocycles. The third-order valence-corrected chi connectivity index (χ3v) is 6.05. The van der Waals surface area contributed by atoms with Gasteiger partial charge < -0.3 is 14.8 Å². The lowest BCUT2D eigenvalue weighted by Crippen LogP contribution is -2.43. The van der Waals surface area contributed by atoms with Crippen molar-refractivity contribution in [2.45, 2.75) is 6.04 Å². The summed E-state index contributed by atoms with van der Waals surface area (Å²) in [5.74, 6) is 0.792. The summed E-state index contributed by atoms with van der Waals surface area (Å²) in [6.45, 7) is 4.42. The van der Waals surface area contributed by atoms with E-state index in [0.717, 1.165) is 43.1 Å². The highest BCUT2D eigenvalue weighted by molar-refractivity contribution is 9.10. The molecule has 1 N–H and O–H groups in total. The number of hydrogen-bond acceptors (Lipinski definition) is 6. The van der Waals surface area contributed by atoms with Crippen molar-refractivity contribution in [2.75, 3.05) is 46.5 Å². The number of nitrogens with zero attached hydrogens (tertiary/aromatic N) is 1. The summed E-state index contributed by atoms with van der Waals surface area (Å²) in [7, 11) is 1.61. The predicted molar refractivity (Wildman–Crippen MR) is 107 cm³/mol. The van der Waals surface area contributed by atoms with Crippen molar-refractivity contribution in [1.29, 1.82) is 0 Å². The number of nitrogens with one attached hydrogen (secondary N) is 1. The zero-order chi connectivity index (χ0) is 18.4. The minimum Gasteiger partial charge on any atom is -0.496 e. The Hall–Kier alpha value is -1.25. The molecule has 1 aliphatic rings. The van der Waals surface area contributed by atoms with Gasteiger partial charge in [-0.15, -0.1) is 11.3 Å². The van der Waals surface area contributed by atoms with Crippen LogP contribution in [-0.4, -0.2) is 57.2 Å². The topological polar surface area (TPSA) is 50.8 Å². The van der Waals surface area contributed by atoms with E-state index in [4.69, 9.17) is 9.47 Å². The first-order chi connectivity index (χ1) is 12.7. The molecule has 3 rings (SSSR count). The van der Waals surface area contributed by atoms with Crippen LogP contribution < -0.4 is 10.1 Å². The number of ether oxygens (including phenoxy) is 2. The van der Waals surface area contributed by atoms with Gasteiger partial charge in [0, 0.05) is 30.1 Å². The number of Topliss-reactive ketones (excluding diaryl/α,β-unsaturated/α-hetero) is 1. The lowest BCUT2D eigenvalue weighted by atomic mass is 10.1. The number of hydrogen-bond donors (Lipinski definition) is 1. The molecule has 26 heavy (non-hydrogen) atoms. The molecule has 5 nitrogen and oxygen atoms in total. The van der Waals surface area contributed by atoms with E-state index in [1.807, 2.05) is 6.07 Å². The van der Waals surface area contributed by atoms with Gasteiger partial charge in [-0.1, -0.05) is 6.07 Å². The van der Waals surface area contributed by atoms with Gasteiger partial charge in [-0.2, -0.15) is 0 Å². The monoisotopic (exact) mass is 438 g/mol. The number of halogens is 1. The molecule has 1 atom stereocenters. The number of methoxy groups -OCH3 is 1. The van der Waals surface area contributed by atoms with E-state index >= 15 is 0 Å². The largest absolute Gasteiger partial charge is 0.496 e. The van der Waals surface area contributed by atoms with Gasteiger partial charge in [-0.05, 0) is 45.6 Å². The van der Waals surface area contributed by atoms with Gasteiger partial charge in [0.25, 0.3) is 0 Å². The van der Waals surface area contributed by atoms with Crippen molar-refractivity contribution in [3.8, 4) is 5.75 Å². The summed E-state index contributed by atoms with van der Waals surface area (Å²) in [6, 6.07) is 9.92. The minimum atomic E-state index is 0.0697. The number of benzene rings is 1. The molecule has 2 aromatic rings. The van der Waals surface area contributed by atoms with E-state index in [9.17, 15) is 4.79 Å². The van der Waals surface area contributed by atoms with Crippen molar-refractivity contribution in [3.63, 3.8) is 0 Å². The van der Waals surface area contributed by atoms with E-state index in [2.05, 4.69) is 43.7 Å². The fourth-order valence-electron chi connectivity index (χ4n) is 3.04. The van der Waals surface area contributed by atoms with Gasteiger partial charge in [0.2, 0.25) is 0 Å². The van der Waals surface area contributed by atoms with Crippen LogP contribution in [0.25, 0.3) is 0 Å². The number of rotatable bonds is 8. The van der Waals surface area contributed by atoms with Crippen LogP contribution in [0.3, 0.4) is 0 Å². The number of carbonyl (C=O) groups excluding carboxylic acids is 1. The SMILES string of the molecule is COc1ccc(C(=O)CNCC(c2cccs2)N2CCOCC2)cc1Br. The second-order valence-electron chi connectivity index (χ2n) is 6.08. The molecule has 1 unspecified atom stereocenters. The van der Waals surface area contributed by atoms with Crippen LogP contribution in [0.4, 0.5) is 0 Å². The number of ketones is 1. The summed E-state index contributed by atoms with van der Waals surface area (Å²) in [5.41, 5.74) is 0.671. The number of thiophene rings is 1. The predicted octanol–water partition coefficient (Wildman–Crippen LogP) is 3.37. The maximum Gasteiger partial charge on any atom is 0.176 e. The molecule has 0 amide bonds. The van der Waals surface area contributed by atoms with Crippen LogP contribution in [0.1, 0.15) is 21.3 Å². The van der Waals surface area contributed by atoms with Gasteiger partial charge >= 0.3 is 0 Å². The Balaban J connectivity index is 1.59. The molecule has 2 heterocycles. The summed E-state index contributed by atoms with van der Waals surface area (Å²) in [6.07, 6.45) is 0. The van der Waals surface area contributed by atoms with Gasteiger partial charge in [-0.25, -0.2) is 0 Å². The molecule has 7 heteroatoms. The third kappa shape index (κ3) is 4.92. The molecule has 1 saturated heterocycles. The average molecular weight is 439 g/mol. The van der Waals surface area contributed by atoms with Crippen LogP contribution in [-0.2, 0) is 4.74 Å². The van der Waals surface area contributed by atoms with Crippen LogP contribution in [0.15, 0.2) is 40.2 Å². The van der Waals surface area contributed by atoms with Gasteiger partial charge in [0.1, 0.15) is 5.75 Å². The fourth-order valence-corrected chi connectivity index (χ4v) is 4.45. The van der Waals surface area contributed by atoms with E-state index in [-0.39, 0.29) is 11.8 Å². The molecule has 0 aliphatic carbocycles. The van der Waals surface area contributed by atoms with Gasteiger partial charge in [0.15, 0.2) is 5.78 Å². The van der Waals surface area contributed by atoms with Crippen LogP contribution in [0, 0.1) is 0 Å². The molecule has 0 saturated carbocycles. The summed E-state index contributed by atoms with van der Waals surface area (Å²) < 4.78 is 11.5. The van der Waals surface area contributed by atoms with Crippen LogP contribution in [0.5, 0.6) is 5.75 Å². The lowest BCUT2D eigenvalue weighted by molar-refractivity contribution is 0.0169. The summed E-state index contributed by atoms with van der Waals surface area (Å²) in [5, 5.41) is 5.45. The molecule has 0 radical (unpaired) electrons. The highest BCUT2D eigenvalue weighted by Gasteiger charge is 2.23. The zero-order valence-corrected chi connectivity index (χ0v) is 17.1. The first-order valence-electron chi connectivity index (χ1n) is 8.61. The maximum absolute atomic E-state index is 12.5. The Labute approximate surface area is 166 Å². The molecular formula is C19H23BrN2O3S. The van der Waals surface area contributed by atoms with Crippen LogP contribution in [0.2, 0.25) is 0 Å². The zero-order valence-electron chi connectivity index (χ0n) is 14.7. The second-order valence-corrected chi connectivity index (χ2v) is 7.92. The molecule has 140 valence electrons. The molecule has 0 spiro atoms. The Kier molecular flexibility index (Phi) is 7.22. The molecule has 1 aromatic carbocycles. The molecule has 0 bridgehead atoms. The maximum atomic E-state index is 12.5. The standard InChI is InChI=1S/C19H23BrN2O3S/c1-24-18-5-4-14(11-15(18)20)17(23)13-21-12-16(19-3-2-10-26-19)22-6-8-25-9-7-22/h2-5,10-11,16,21H,6-9,12-13H2,1H3. The van der Waals surface area contributed by atoms with E-state index in [1.165, 1.54) is 4.88 Å². The lowest BCUT2D eigenvalue weighted by Gasteiger charge is -2.34. The Morgan fingerprint density at radius 2 is 2.19 bits per heavy atom. The highest BCUT2D eigenvalue weighted by Crippen LogP contribution is 2.26. The number of carbonyl (C=O) groups is 1. The van der Waals surface area contributed by atoms with E-state index in [0.29, 0.717) is 12.1 Å². The molecule has 1 fully saturated rings. The van der Waals surface area contributed by atoms with Crippen molar-refractivity contribution in [2.24, 2.45) is 0 Å². The molecule has 1 aromatic heterocycles. The normalized spacial score (nSPS) is 16.4. The quantitative estimate of drug-likeness (QED) is 0.640. The first kappa shape index (κ1) is 19.5. The Morgan fingerprint density at radius 1 is 1.38 bits per heavy atom. The van der Waals surface area contributed by atoms with E-state index < -0.39 is 0 Å². The number of morpholine rings is 1. The van der Waals surface area contributed by atoms with Crippen molar-refractivity contribution in [3.05, 3.63) is 50.6 Å². The third-order valence-electron chi connectivity index (χ3n) is 4.46. The second kappa shape index (κ2) is 9.62. The Morgan fingerprint density at radius 3 is 2.85 bits per heavy atom. The first-order valence-corrected chi connectivity index (χ1v) is 10.3. The summed E-state index contributed by atoms with van der Waals surface area (Å²) in [4.78, 5) is 16.2. The van der Waals surface area contributed by atoms with Gasteiger partial charge in [-0.3, -0.25) is 9.69 Å². The summed E-state index contributed by atoms with van der Waals surface area (Å²) >= 11 is 5.19. The molecular weight excluding hydrogens is 416 g/mol. The van der Waals surface area contributed by atoms with Gasteiger partial charge in [0.05, 0.1) is 37.4 Å². The van der Waals surface area contributed by atoms with Crippen molar-refractivity contribution < 1.29 is 14.3 Å². The van der Waals surface area contributed by atoms with E-state index in [1.54, 1.807) is 30.6 Å². The fraction of sp³-hybridized carbons (Fsp3) is 0.421. The Bertz CT molecular complexity index is 718. The minimum absolute atomic E-state index is 0.0697. The van der Waals surface area contributed by atoms with Crippen molar-refractivity contribution >= 4 is 33.0 Å². The average Bonchev–Trinajstić information content (AvgIpc) is 3.20. The highest BCUT2D eigenvalue weighted by atomic mass is 79.9. The van der Waals surface area contributed by atoms with Crippen molar-refractivity contribution in [1.82, 2.24) is 10.2 Å².